The topological polar surface area (TPSA) is 58.8 Å². The summed E-state index contributed by atoms with van der Waals surface area (Å²) in [6, 6.07) is 14.5. The number of furan rings is 1. The van der Waals surface area contributed by atoms with Gasteiger partial charge in [0.25, 0.3) is 0 Å². The third-order valence-electron chi connectivity index (χ3n) is 3.82. The minimum Gasteiger partial charge on any atom is -0.469 e. The summed E-state index contributed by atoms with van der Waals surface area (Å²) in [6.07, 6.45) is 3.44. The molecule has 1 unspecified atom stereocenters. The van der Waals surface area contributed by atoms with Gasteiger partial charge in [-0.05, 0) is 38.0 Å². The van der Waals surface area contributed by atoms with Gasteiger partial charge in [0, 0.05) is 32.7 Å². The van der Waals surface area contributed by atoms with Gasteiger partial charge in [0.2, 0.25) is 0 Å². The fourth-order valence-electron chi connectivity index (χ4n) is 2.44. The zero-order valence-corrected chi connectivity index (χ0v) is 15.2. The summed E-state index contributed by atoms with van der Waals surface area (Å²) in [5.41, 5.74) is 1.23. The fourth-order valence-corrected chi connectivity index (χ4v) is 2.44. The SMILES string of the molecule is CCOCCCN=C(NCCc1ccco1)NC(C)c1ccccc1. The second-order valence-corrected chi connectivity index (χ2v) is 5.81. The molecule has 1 heterocycles. The first kappa shape index (κ1) is 19.1. The van der Waals surface area contributed by atoms with E-state index in [1.54, 1.807) is 6.26 Å². The van der Waals surface area contributed by atoms with Crippen molar-refractivity contribution in [3.8, 4) is 0 Å². The summed E-state index contributed by atoms with van der Waals surface area (Å²) in [6.45, 7) is 7.15. The first-order chi connectivity index (χ1) is 12.3. The van der Waals surface area contributed by atoms with E-state index in [2.05, 4.69) is 46.8 Å². The molecule has 1 atom stereocenters. The molecule has 2 aromatic rings. The Hall–Kier alpha value is -2.27. The molecule has 2 rings (SSSR count). The van der Waals surface area contributed by atoms with E-state index in [1.165, 1.54) is 5.56 Å². The number of benzene rings is 1. The van der Waals surface area contributed by atoms with Gasteiger partial charge in [-0.1, -0.05) is 30.3 Å². The quantitative estimate of drug-likeness (QED) is 0.393. The van der Waals surface area contributed by atoms with Crippen LogP contribution in [0.4, 0.5) is 0 Å². The lowest BCUT2D eigenvalue weighted by Crippen LogP contribution is -2.40. The van der Waals surface area contributed by atoms with Crippen molar-refractivity contribution in [1.29, 1.82) is 0 Å². The molecule has 0 aliphatic rings. The van der Waals surface area contributed by atoms with Gasteiger partial charge in [-0.2, -0.15) is 0 Å². The lowest BCUT2D eigenvalue weighted by molar-refractivity contribution is 0.146. The summed E-state index contributed by atoms with van der Waals surface area (Å²) in [4.78, 5) is 4.66. The molecular formula is C20H29N3O2. The Morgan fingerprint density at radius 2 is 2.04 bits per heavy atom. The van der Waals surface area contributed by atoms with Crippen LogP contribution in [0.15, 0.2) is 58.1 Å². The number of hydrogen-bond donors (Lipinski definition) is 2. The lowest BCUT2D eigenvalue weighted by atomic mass is 10.1. The molecule has 0 spiro atoms. The lowest BCUT2D eigenvalue weighted by Gasteiger charge is -2.18. The van der Waals surface area contributed by atoms with E-state index in [9.17, 15) is 0 Å². The van der Waals surface area contributed by atoms with Crippen LogP contribution >= 0.6 is 0 Å². The highest BCUT2D eigenvalue weighted by Crippen LogP contribution is 2.10. The van der Waals surface area contributed by atoms with Crippen LogP contribution in [-0.4, -0.2) is 32.3 Å². The predicted molar refractivity (Wildman–Crippen MR) is 102 cm³/mol. The minimum absolute atomic E-state index is 0.183. The van der Waals surface area contributed by atoms with Gasteiger partial charge in [0.15, 0.2) is 5.96 Å². The van der Waals surface area contributed by atoms with Crippen LogP contribution in [0, 0.1) is 0 Å². The number of nitrogens with zero attached hydrogens (tertiary/aromatic N) is 1. The van der Waals surface area contributed by atoms with Crippen molar-refractivity contribution in [2.75, 3.05) is 26.3 Å². The smallest absolute Gasteiger partial charge is 0.191 e. The largest absolute Gasteiger partial charge is 0.469 e. The second-order valence-electron chi connectivity index (χ2n) is 5.81. The summed E-state index contributed by atoms with van der Waals surface area (Å²) in [5.74, 6) is 1.79. The number of rotatable bonds is 10. The highest BCUT2D eigenvalue weighted by Gasteiger charge is 2.07. The molecule has 0 aliphatic heterocycles. The summed E-state index contributed by atoms with van der Waals surface area (Å²) in [5, 5.41) is 6.86. The van der Waals surface area contributed by atoms with Crippen molar-refractivity contribution in [2.24, 2.45) is 4.99 Å². The monoisotopic (exact) mass is 343 g/mol. The van der Waals surface area contributed by atoms with Crippen molar-refractivity contribution in [3.63, 3.8) is 0 Å². The van der Waals surface area contributed by atoms with Crippen molar-refractivity contribution in [1.82, 2.24) is 10.6 Å². The Bertz CT molecular complexity index is 597. The first-order valence-corrected chi connectivity index (χ1v) is 8.99. The molecule has 0 radical (unpaired) electrons. The Kier molecular flexibility index (Phi) is 8.63. The molecular weight excluding hydrogens is 314 g/mol. The maximum atomic E-state index is 5.37. The van der Waals surface area contributed by atoms with Crippen LogP contribution in [0.1, 0.15) is 37.6 Å². The number of guanidine groups is 1. The van der Waals surface area contributed by atoms with Crippen LogP contribution in [-0.2, 0) is 11.2 Å². The Labute approximate surface area is 150 Å². The van der Waals surface area contributed by atoms with Gasteiger partial charge in [0.05, 0.1) is 12.3 Å². The van der Waals surface area contributed by atoms with E-state index in [0.717, 1.165) is 50.9 Å². The maximum absolute atomic E-state index is 5.37. The molecule has 25 heavy (non-hydrogen) atoms. The molecule has 1 aromatic carbocycles. The number of aliphatic imine (C=N–C) groups is 1. The molecule has 0 amide bonds. The Morgan fingerprint density at radius 1 is 1.20 bits per heavy atom. The van der Waals surface area contributed by atoms with Crippen molar-refractivity contribution in [3.05, 3.63) is 60.1 Å². The van der Waals surface area contributed by atoms with E-state index >= 15 is 0 Å². The van der Waals surface area contributed by atoms with E-state index < -0.39 is 0 Å². The maximum Gasteiger partial charge on any atom is 0.191 e. The van der Waals surface area contributed by atoms with Gasteiger partial charge in [-0.3, -0.25) is 4.99 Å². The predicted octanol–water partition coefficient (Wildman–Crippen LogP) is 3.55. The molecule has 2 N–H and O–H groups in total. The van der Waals surface area contributed by atoms with Crippen LogP contribution in [0.3, 0.4) is 0 Å². The molecule has 136 valence electrons. The van der Waals surface area contributed by atoms with Gasteiger partial charge >= 0.3 is 0 Å². The zero-order valence-electron chi connectivity index (χ0n) is 15.2. The molecule has 0 saturated carbocycles. The van der Waals surface area contributed by atoms with Crippen molar-refractivity contribution < 1.29 is 9.15 Å². The number of nitrogens with one attached hydrogen (secondary N) is 2. The third kappa shape index (κ3) is 7.44. The molecule has 0 aliphatic carbocycles. The highest BCUT2D eigenvalue weighted by molar-refractivity contribution is 5.80. The molecule has 1 aromatic heterocycles. The summed E-state index contributed by atoms with van der Waals surface area (Å²) < 4.78 is 10.7. The normalized spacial score (nSPS) is 12.8. The zero-order chi connectivity index (χ0) is 17.7. The van der Waals surface area contributed by atoms with E-state index in [0.29, 0.717) is 0 Å². The molecule has 5 heteroatoms. The van der Waals surface area contributed by atoms with Gasteiger partial charge in [-0.25, -0.2) is 0 Å². The average molecular weight is 343 g/mol. The third-order valence-corrected chi connectivity index (χ3v) is 3.82. The van der Waals surface area contributed by atoms with Crippen LogP contribution in [0.2, 0.25) is 0 Å². The summed E-state index contributed by atoms with van der Waals surface area (Å²) in [7, 11) is 0. The van der Waals surface area contributed by atoms with Crippen LogP contribution in [0.25, 0.3) is 0 Å². The van der Waals surface area contributed by atoms with Gasteiger partial charge in [0.1, 0.15) is 5.76 Å². The van der Waals surface area contributed by atoms with Gasteiger partial charge in [-0.15, -0.1) is 0 Å². The second kappa shape index (κ2) is 11.3. The summed E-state index contributed by atoms with van der Waals surface area (Å²) >= 11 is 0. The van der Waals surface area contributed by atoms with Gasteiger partial charge < -0.3 is 19.8 Å². The molecule has 0 fully saturated rings. The highest BCUT2D eigenvalue weighted by atomic mass is 16.5. The Morgan fingerprint density at radius 3 is 2.76 bits per heavy atom. The van der Waals surface area contributed by atoms with Crippen LogP contribution < -0.4 is 10.6 Å². The minimum atomic E-state index is 0.183. The van der Waals surface area contributed by atoms with E-state index in [4.69, 9.17) is 9.15 Å². The van der Waals surface area contributed by atoms with Crippen molar-refractivity contribution in [2.45, 2.75) is 32.7 Å². The van der Waals surface area contributed by atoms with E-state index in [1.807, 2.05) is 25.1 Å². The van der Waals surface area contributed by atoms with Crippen molar-refractivity contribution >= 4 is 5.96 Å². The first-order valence-electron chi connectivity index (χ1n) is 8.99. The standard InChI is InChI=1S/C20H29N3O2/c1-3-24-15-8-13-21-20(22-14-12-19-11-7-16-25-19)23-17(2)18-9-5-4-6-10-18/h4-7,9-11,16-17H,3,8,12-15H2,1-2H3,(H2,21,22,23). The molecule has 5 nitrogen and oxygen atoms in total. The number of ether oxygens (including phenoxy) is 1. The van der Waals surface area contributed by atoms with Crippen LogP contribution in [0.5, 0.6) is 0 Å². The number of hydrogen-bond acceptors (Lipinski definition) is 3. The molecule has 0 bridgehead atoms. The average Bonchev–Trinajstić information content (AvgIpc) is 3.15. The fraction of sp³-hybridized carbons (Fsp3) is 0.450. The Balaban J connectivity index is 1.87. The van der Waals surface area contributed by atoms with E-state index in [-0.39, 0.29) is 6.04 Å². The molecule has 0 saturated heterocycles.